The summed E-state index contributed by atoms with van der Waals surface area (Å²) in [5.41, 5.74) is 6.37. The first-order chi connectivity index (χ1) is 6.45. The van der Waals surface area contributed by atoms with Crippen molar-refractivity contribution in [3.05, 3.63) is 23.9 Å². The number of hydrogen-bond donors (Lipinski definition) is 1. The Bertz CT molecular complexity index is 415. The van der Waals surface area contributed by atoms with Crippen molar-refractivity contribution in [1.29, 1.82) is 0 Å². The van der Waals surface area contributed by atoms with E-state index in [2.05, 4.69) is 4.98 Å². The van der Waals surface area contributed by atoms with Crippen LogP contribution >= 0.6 is 0 Å². The summed E-state index contributed by atoms with van der Waals surface area (Å²) in [4.78, 5) is 4.00. The van der Waals surface area contributed by atoms with E-state index in [4.69, 9.17) is 5.73 Å². The van der Waals surface area contributed by atoms with E-state index in [0.29, 0.717) is 5.69 Å². The molecule has 0 fully saturated rings. The van der Waals surface area contributed by atoms with Gasteiger partial charge in [-0.05, 0) is 18.6 Å². The average Bonchev–Trinajstić information content (AvgIpc) is 2.15. The van der Waals surface area contributed by atoms with E-state index in [-0.39, 0.29) is 11.1 Å². The van der Waals surface area contributed by atoms with Crippen LogP contribution in [0.5, 0.6) is 0 Å². The van der Waals surface area contributed by atoms with Crippen molar-refractivity contribution in [3.63, 3.8) is 0 Å². The second-order valence-electron chi connectivity index (χ2n) is 3.19. The Morgan fingerprint density at radius 2 is 2.14 bits per heavy atom. The molecular weight excluding hydrogens is 200 g/mol. The first kappa shape index (κ1) is 11.1. The first-order valence-corrected chi connectivity index (χ1v) is 6.27. The molecule has 0 unspecified atom stereocenters. The van der Waals surface area contributed by atoms with Gasteiger partial charge in [0.25, 0.3) is 0 Å². The quantitative estimate of drug-likeness (QED) is 0.811. The number of nitrogens with two attached hydrogens (primary N) is 1. The molecule has 1 rings (SSSR count). The summed E-state index contributed by atoms with van der Waals surface area (Å²) in [5, 5.41) is 0.0823. The second kappa shape index (κ2) is 4.06. The van der Waals surface area contributed by atoms with Crippen LogP contribution in [0.3, 0.4) is 0 Å². The molecule has 1 atom stereocenters. The minimum Gasteiger partial charge on any atom is -0.323 e. The highest BCUT2D eigenvalue weighted by Crippen LogP contribution is 2.13. The van der Waals surface area contributed by atoms with Crippen molar-refractivity contribution in [3.8, 4) is 0 Å². The zero-order valence-corrected chi connectivity index (χ0v) is 9.08. The van der Waals surface area contributed by atoms with Crippen LogP contribution in [-0.4, -0.2) is 19.7 Å². The molecule has 4 nitrogen and oxygen atoms in total. The van der Waals surface area contributed by atoms with Gasteiger partial charge in [-0.1, -0.05) is 13.0 Å². The zero-order valence-electron chi connectivity index (χ0n) is 8.27. The summed E-state index contributed by atoms with van der Waals surface area (Å²) in [5.74, 6) is 0. The van der Waals surface area contributed by atoms with Gasteiger partial charge in [-0.25, -0.2) is 13.4 Å². The smallest absolute Gasteiger partial charge is 0.192 e. The molecule has 0 bridgehead atoms. The van der Waals surface area contributed by atoms with Crippen LogP contribution in [0.1, 0.15) is 25.1 Å². The number of rotatable bonds is 3. The van der Waals surface area contributed by atoms with Crippen molar-refractivity contribution >= 4 is 9.84 Å². The van der Waals surface area contributed by atoms with Crippen molar-refractivity contribution in [2.45, 2.75) is 24.4 Å². The average molecular weight is 214 g/mol. The molecule has 0 spiro atoms. The molecule has 1 aromatic heterocycles. The van der Waals surface area contributed by atoms with Gasteiger partial charge in [0.15, 0.2) is 14.9 Å². The normalized spacial score (nSPS) is 13.9. The largest absolute Gasteiger partial charge is 0.323 e. The second-order valence-corrected chi connectivity index (χ2v) is 5.15. The Morgan fingerprint density at radius 3 is 2.64 bits per heavy atom. The van der Waals surface area contributed by atoms with Gasteiger partial charge < -0.3 is 5.73 Å². The van der Waals surface area contributed by atoms with E-state index in [1.165, 1.54) is 6.07 Å². The van der Waals surface area contributed by atoms with E-state index in [9.17, 15) is 8.42 Å². The third-order valence-corrected chi connectivity index (χ3v) is 2.93. The Morgan fingerprint density at radius 1 is 1.50 bits per heavy atom. The Balaban J connectivity index is 3.14. The summed E-state index contributed by atoms with van der Waals surface area (Å²) in [6.45, 7) is 1.93. The fourth-order valence-corrected chi connectivity index (χ4v) is 1.65. The summed E-state index contributed by atoms with van der Waals surface area (Å²) in [6.07, 6.45) is 1.87. The fourth-order valence-electron chi connectivity index (χ4n) is 1.05. The molecule has 0 amide bonds. The molecule has 0 aliphatic carbocycles. The highest BCUT2D eigenvalue weighted by Gasteiger charge is 2.11. The number of hydrogen-bond acceptors (Lipinski definition) is 4. The maximum absolute atomic E-state index is 11.2. The van der Waals surface area contributed by atoms with Crippen molar-refractivity contribution in [2.24, 2.45) is 5.73 Å². The van der Waals surface area contributed by atoms with Crippen LogP contribution in [0.15, 0.2) is 23.2 Å². The molecule has 78 valence electrons. The minimum atomic E-state index is -3.23. The standard InChI is InChI=1S/C9H14N2O2S/c1-3-7(10)8-5-4-6-9(11-8)14(2,12)13/h4-7H,3,10H2,1-2H3/t7-/m0/s1. The lowest BCUT2D eigenvalue weighted by molar-refractivity contribution is 0.595. The SMILES string of the molecule is CC[C@H](N)c1cccc(S(C)(=O)=O)n1. The molecule has 2 N–H and O–H groups in total. The van der Waals surface area contributed by atoms with Gasteiger partial charge in [0, 0.05) is 12.3 Å². The summed E-state index contributed by atoms with van der Waals surface area (Å²) < 4.78 is 22.4. The van der Waals surface area contributed by atoms with Crippen molar-refractivity contribution in [2.75, 3.05) is 6.26 Å². The lowest BCUT2D eigenvalue weighted by Gasteiger charge is -2.08. The summed E-state index contributed by atoms with van der Waals surface area (Å²) >= 11 is 0. The van der Waals surface area contributed by atoms with E-state index in [1.54, 1.807) is 12.1 Å². The highest BCUT2D eigenvalue weighted by molar-refractivity contribution is 7.90. The molecule has 14 heavy (non-hydrogen) atoms. The molecule has 0 aliphatic heterocycles. The lowest BCUT2D eigenvalue weighted by atomic mass is 10.1. The predicted octanol–water partition coefficient (Wildman–Crippen LogP) is 0.895. The molecule has 0 saturated heterocycles. The topological polar surface area (TPSA) is 73.1 Å². The van der Waals surface area contributed by atoms with Gasteiger partial charge in [0.2, 0.25) is 0 Å². The van der Waals surface area contributed by atoms with Gasteiger partial charge in [-0.15, -0.1) is 0 Å². The molecule has 0 aliphatic rings. The van der Waals surface area contributed by atoms with E-state index in [0.717, 1.165) is 12.7 Å². The molecule has 5 heteroatoms. The van der Waals surface area contributed by atoms with Crippen LogP contribution in [0.2, 0.25) is 0 Å². The van der Waals surface area contributed by atoms with Gasteiger partial charge in [0.1, 0.15) is 0 Å². The van der Waals surface area contributed by atoms with Crippen LogP contribution in [0, 0.1) is 0 Å². The zero-order chi connectivity index (χ0) is 10.8. The van der Waals surface area contributed by atoms with E-state index < -0.39 is 9.84 Å². The molecular formula is C9H14N2O2S. The van der Waals surface area contributed by atoms with Gasteiger partial charge in [-0.2, -0.15) is 0 Å². The molecule has 1 heterocycles. The van der Waals surface area contributed by atoms with Crippen molar-refractivity contribution in [1.82, 2.24) is 4.98 Å². The Kier molecular flexibility index (Phi) is 3.23. The number of sulfone groups is 1. The third-order valence-electron chi connectivity index (χ3n) is 1.94. The van der Waals surface area contributed by atoms with Gasteiger partial charge in [0.05, 0.1) is 5.69 Å². The molecule has 1 aromatic rings. The van der Waals surface area contributed by atoms with Crippen LogP contribution in [0.4, 0.5) is 0 Å². The summed E-state index contributed by atoms with van der Waals surface area (Å²) in [7, 11) is -3.23. The van der Waals surface area contributed by atoms with Gasteiger partial charge in [-0.3, -0.25) is 0 Å². The summed E-state index contributed by atoms with van der Waals surface area (Å²) in [6, 6.07) is 4.68. The molecule has 0 aromatic carbocycles. The van der Waals surface area contributed by atoms with Crippen LogP contribution < -0.4 is 5.73 Å². The third kappa shape index (κ3) is 2.52. The molecule has 0 radical (unpaired) electrons. The van der Waals surface area contributed by atoms with Crippen LogP contribution in [0.25, 0.3) is 0 Å². The number of nitrogens with zero attached hydrogens (tertiary/aromatic N) is 1. The molecule has 0 saturated carbocycles. The van der Waals surface area contributed by atoms with Gasteiger partial charge >= 0.3 is 0 Å². The maximum atomic E-state index is 11.2. The fraction of sp³-hybridized carbons (Fsp3) is 0.444. The minimum absolute atomic E-state index is 0.0823. The van der Waals surface area contributed by atoms with Crippen molar-refractivity contribution < 1.29 is 8.42 Å². The first-order valence-electron chi connectivity index (χ1n) is 4.37. The monoisotopic (exact) mass is 214 g/mol. The number of pyridine rings is 1. The Labute approximate surface area is 84.1 Å². The lowest BCUT2D eigenvalue weighted by Crippen LogP contribution is -2.12. The van der Waals surface area contributed by atoms with E-state index in [1.807, 2.05) is 6.92 Å². The number of aromatic nitrogens is 1. The van der Waals surface area contributed by atoms with E-state index >= 15 is 0 Å². The van der Waals surface area contributed by atoms with Crippen LogP contribution in [-0.2, 0) is 9.84 Å². The maximum Gasteiger partial charge on any atom is 0.192 e. The predicted molar refractivity (Wildman–Crippen MR) is 54.6 cm³/mol. The highest BCUT2D eigenvalue weighted by atomic mass is 32.2. The Hall–Kier alpha value is -0.940.